The van der Waals surface area contributed by atoms with Gasteiger partial charge in [0.25, 0.3) is 0 Å². The van der Waals surface area contributed by atoms with E-state index in [1.807, 2.05) is 0 Å². The Morgan fingerprint density at radius 1 is 1.31 bits per heavy atom. The highest BCUT2D eigenvalue weighted by Crippen LogP contribution is 2.30. The smallest absolute Gasteiger partial charge is 0.264 e. The van der Waals surface area contributed by atoms with E-state index in [2.05, 4.69) is 0 Å². The van der Waals surface area contributed by atoms with Gasteiger partial charge in [-0.25, -0.2) is 0 Å². The molecule has 0 fully saturated rings. The maximum absolute atomic E-state index is 12.2. The monoisotopic (exact) mass is 233 g/mol. The van der Waals surface area contributed by atoms with Crippen LogP contribution in [0, 0.1) is 10.1 Å². The normalized spacial score (nSPS) is 13.5. The van der Waals surface area contributed by atoms with Crippen LogP contribution in [0.15, 0.2) is 24.3 Å². The second kappa shape index (κ2) is 4.51. The molecule has 0 aliphatic carbocycles. The van der Waals surface area contributed by atoms with Crippen molar-refractivity contribution in [2.75, 3.05) is 0 Å². The van der Waals surface area contributed by atoms with E-state index in [9.17, 15) is 23.3 Å². The van der Waals surface area contributed by atoms with Crippen LogP contribution in [0.5, 0.6) is 0 Å². The maximum atomic E-state index is 12.2. The van der Waals surface area contributed by atoms with Gasteiger partial charge in [-0.2, -0.15) is 13.2 Å². The topological polar surface area (TPSA) is 43.1 Å². The van der Waals surface area contributed by atoms with Crippen LogP contribution in [-0.2, 0) is 6.18 Å². The summed E-state index contributed by atoms with van der Waals surface area (Å²) in [6, 6.07) is 3.09. The van der Waals surface area contributed by atoms with Crippen molar-refractivity contribution in [3.05, 3.63) is 45.5 Å². The predicted octanol–water partition coefficient (Wildman–Crippen LogP) is 3.43. The van der Waals surface area contributed by atoms with Crippen LogP contribution in [0.4, 0.5) is 13.2 Å². The van der Waals surface area contributed by atoms with Gasteiger partial charge in [0.05, 0.1) is 5.56 Å². The molecule has 3 nitrogen and oxygen atoms in total. The average Bonchev–Trinajstić information content (AvgIpc) is 2.17. The molecule has 16 heavy (non-hydrogen) atoms. The van der Waals surface area contributed by atoms with E-state index in [1.165, 1.54) is 0 Å². The van der Waals surface area contributed by atoms with E-state index in [4.69, 9.17) is 0 Å². The molecule has 0 saturated carbocycles. The number of rotatable bonds is 3. The fourth-order valence-electron chi connectivity index (χ4n) is 1.40. The lowest BCUT2D eigenvalue weighted by atomic mass is 10.0. The van der Waals surface area contributed by atoms with E-state index in [0.29, 0.717) is 5.56 Å². The number of benzene rings is 1. The second-order valence-electron chi connectivity index (χ2n) is 3.33. The first-order chi connectivity index (χ1) is 7.36. The molecular weight excluding hydrogens is 223 g/mol. The van der Waals surface area contributed by atoms with Gasteiger partial charge in [-0.05, 0) is 12.1 Å². The van der Waals surface area contributed by atoms with Crippen molar-refractivity contribution in [2.45, 2.75) is 25.6 Å². The van der Waals surface area contributed by atoms with Crippen molar-refractivity contribution in [2.24, 2.45) is 0 Å². The van der Waals surface area contributed by atoms with Crippen molar-refractivity contribution in [3.8, 4) is 0 Å². The van der Waals surface area contributed by atoms with Gasteiger partial charge >= 0.3 is 6.18 Å². The maximum Gasteiger partial charge on any atom is 0.416 e. The Hall–Kier alpha value is -1.59. The second-order valence-corrected chi connectivity index (χ2v) is 3.33. The fourth-order valence-corrected chi connectivity index (χ4v) is 1.40. The molecule has 1 rings (SSSR count). The quantitative estimate of drug-likeness (QED) is 0.592. The summed E-state index contributed by atoms with van der Waals surface area (Å²) in [6.07, 6.45) is -4.16. The molecule has 0 aromatic heterocycles. The van der Waals surface area contributed by atoms with Crippen LogP contribution in [0.3, 0.4) is 0 Å². The third kappa shape index (κ3) is 2.71. The largest absolute Gasteiger partial charge is 0.416 e. The minimum absolute atomic E-state index is 0.248. The zero-order valence-electron chi connectivity index (χ0n) is 8.49. The number of halogens is 3. The number of nitro groups is 1. The van der Waals surface area contributed by atoms with Gasteiger partial charge < -0.3 is 0 Å². The minimum Gasteiger partial charge on any atom is -0.264 e. The Morgan fingerprint density at radius 3 is 2.12 bits per heavy atom. The summed E-state index contributed by atoms with van der Waals surface area (Å²) >= 11 is 0. The van der Waals surface area contributed by atoms with Gasteiger partial charge in [0.15, 0.2) is 0 Å². The van der Waals surface area contributed by atoms with Gasteiger partial charge in [0.1, 0.15) is 0 Å². The summed E-state index contributed by atoms with van der Waals surface area (Å²) in [5.41, 5.74) is -0.505. The van der Waals surface area contributed by atoms with Crippen molar-refractivity contribution in [3.63, 3.8) is 0 Å². The molecule has 88 valence electrons. The average molecular weight is 233 g/mol. The molecule has 0 bridgehead atoms. The highest BCUT2D eigenvalue weighted by molar-refractivity contribution is 5.25. The molecule has 0 spiro atoms. The van der Waals surface area contributed by atoms with Crippen LogP contribution >= 0.6 is 0 Å². The van der Waals surface area contributed by atoms with Gasteiger partial charge in [0, 0.05) is 16.9 Å². The third-order valence-corrected chi connectivity index (χ3v) is 2.26. The summed E-state index contributed by atoms with van der Waals surface area (Å²) in [5, 5.41) is 10.6. The van der Waals surface area contributed by atoms with Crippen molar-refractivity contribution >= 4 is 0 Å². The molecule has 1 aromatic carbocycles. The lowest BCUT2D eigenvalue weighted by Gasteiger charge is -2.09. The standard InChI is InChI=1S/C10H10F3NO2/c1-2-9(14(15)16)7-3-5-8(6-4-7)10(11,12)13/h3-6,9H,2H2,1H3. The summed E-state index contributed by atoms with van der Waals surface area (Å²) in [6.45, 7) is 1.62. The lowest BCUT2D eigenvalue weighted by Crippen LogP contribution is -2.10. The lowest BCUT2D eigenvalue weighted by molar-refractivity contribution is -0.529. The zero-order chi connectivity index (χ0) is 12.3. The molecule has 1 atom stereocenters. The first kappa shape index (κ1) is 12.5. The van der Waals surface area contributed by atoms with Gasteiger partial charge in [0.2, 0.25) is 6.04 Å². The Bertz CT molecular complexity index is 373. The molecule has 0 N–H and O–H groups in total. The highest BCUT2D eigenvalue weighted by atomic mass is 19.4. The Morgan fingerprint density at radius 2 is 1.81 bits per heavy atom. The van der Waals surface area contributed by atoms with Crippen LogP contribution in [-0.4, -0.2) is 4.92 Å². The highest BCUT2D eigenvalue weighted by Gasteiger charge is 2.31. The van der Waals surface area contributed by atoms with Crippen LogP contribution in [0.2, 0.25) is 0 Å². The first-order valence-electron chi connectivity index (χ1n) is 4.67. The predicted molar refractivity (Wildman–Crippen MR) is 51.5 cm³/mol. The van der Waals surface area contributed by atoms with Crippen LogP contribution < -0.4 is 0 Å². The molecule has 0 aliphatic heterocycles. The zero-order valence-corrected chi connectivity index (χ0v) is 8.49. The summed E-state index contributed by atoms with van der Waals surface area (Å²) in [4.78, 5) is 10.1. The molecule has 0 aliphatic rings. The minimum atomic E-state index is -4.41. The number of nitrogens with zero attached hydrogens (tertiary/aromatic N) is 1. The molecule has 6 heteroatoms. The summed E-state index contributed by atoms with van der Waals surface area (Å²) in [5.74, 6) is 0. The van der Waals surface area contributed by atoms with Crippen molar-refractivity contribution < 1.29 is 18.1 Å². The SMILES string of the molecule is CCC(c1ccc(C(F)(F)F)cc1)[N+](=O)[O-]. The molecule has 1 aromatic rings. The molecule has 0 amide bonds. The van der Waals surface area contributed by atoms with Crippen LogP contribution in [0.25, 0.3) is 0 Å². The van der Waals surface area contributed by atoms with Gasteiger partial charge in [-0.3, -0.25) is 10.1 Å². The number of hydrogen-bond acceptors (Lipinski definition) is 2. The van der Waals surface area contributed by atoms with Crippen molar-refractivity contribution in [1.29, 1.82) is 0 Å². The van der Waals surface area contributed by atoms with E-state index < -0.39 is 22.7 Å². The van der Waals surface area contributed by atoms with E-state index >= 15 is 0 Å². The van der Waals surface area contributed by atoms with Gasteiger partial charge in [-0.15, -0.1) is 0 Å². The van der Waals surface area contributed by atoms with Gasteiger partial charge in [-0.1, -0.05) is 19.1 Å². The summed E-state index contributed by atoms with van der Waals surface area (Å²) < 4.78 is 36.7. The first-order valence-corrected chi connectivity index (χ1v) is 4.67. The van der Waals surface area contributed by atoms with E-state index in [-0.39, 0.29) is 6.42 Å². The Kier molecular flexibility index (Phi) is 3.51. The summed E-state index contributed by atoms with van der Waals surface area (Å²) in [7, 11) is 0. The number of hydrogen-bond donors (Lipinski definition) is 0. The van der Waals surface area contributed by atoms with E-state index in [1.54, 1.807) is 6.92 Å². The fraction of sp³-hybridized carbons (Fsp3) is 0.400. The molecule has 0 saturated heterocycles. The van der Waals surface area contributed by atoms with Crippen molar-refractivity contribution in [1.82, 2.24) is 0 Å². The third-order valence-electron chi connectivity index (χ3n) is 2.26. The molecule has 0 heterocycles. The van der Waals surface area contributed by atoms with E-state index in [0.717, 1.165) is 24.3 Å². The molecule has 1 unspecified atom stereocenters. The Labute approximate surface area is 90.0 Å². The number of alkyl halides is 3. The Balaban J connectivity index is 2.98. The van der Waals surface area contributed by atoms with Crippen LogP contribution in [0.1, 0.15) is 30.5 Å². The molecular formula is C10H10F3NO2. The molecule has 0 radical (unpaired) electrons.